The van der Waals surface area contributed by atoms with Gasteiger partial charge in [0.2, 0.25) is 0 Å². The second kappa shape index (κ2) is 7.14. The van der Waals surface area contributed by atoms with Crippen LogP contribution in [0.15, 0.2) is 0 Å². The Morgan fingerprint density at radius 3 is 3.00 bits per heavy atom. The van der Waals surface area contributed by atoms with E-state index in [2.05, 4.69) is 23.7 Å². The van der Waals surface area contributed by atoms with Crippen molar-refractivity contribution < 1.29 is 3.63 Å². The maximum Gasteiger partial charge on any atom is 0.189 e. The Kier molecular flexibility index (Phi) is 8.30. The van der Waals surface area contributed by atoms with E-state index in [9.17, 15) is 0 Å². The first-order valence-corrected chi connectivity index (χ1v) is 4.50. The number of hydrogen-bond acceptors (Lipinski definition) is 4. The lowest BCUT2D eigenvalue weighted by Crippen LogP contribution is -1.85. The SMILES string of the molecule is BSBCSOS. The summed E-state index contributed by atoms with van der Waals surface area (Å²) < 4.78 is 4.44. The van der Waals surface area contributed by atoms with E-state index in [-0.39, 0.29) is 0 Å². The molecule has 0 amide bonds. The predicted octanol–water partition coefficient (Wildman–Crippen LogP) is 0.0863. The standard InChI is InChI=1S/CH6B2OS3/c2-7-3-1-6-4-5/h3,5H,1-2H2. The smallest absolute Gasteiger partial charge is 0.189 e. The van der Waals surface area contributed by atoms with E-state index in [1.54, 1.807) is 11.5 Å². The molecule has 0 bridgehead atoms. The molecule has 40 valence electrons. The minimum Gasteiger partial charge on any atom is -0.266 e. The molecule has 0 N–H and O–H groups in total. The highest BCUT2D eigenvalue weighted by atomic mass is 32.2. The normalized spacial score (nSPS) is 8.71. The Morgan fingerprint density at radius 2 is 2.57 bits per heavy atom. The summed E-state index contributed by atoms with van der Waals surface area (Å²) in [6, 6.07) is 0. The third kappa shape index (κ3) is 7.14. The molecule has 1 nitrogen and oxygen atoms in total. The Morgan fingerprint density at radius 1 is 1.86 bits per heavy atom. The molecule has 0 unspecified atom stereocenters. The molecule has 6 heteroatoms. The lowest BCUT2D eigenvalue weighted by atomic mass is 10.2. The Balaban J connectivity index is 2.45. The third-order valence-corrected chi connectivity index (χ3v) is 2.09. The van der Waals surface area contributed by atoms with Crippen LogP contribution < -0.4 is 0 Å². The summed E-state index contributed by atoms with van der Waals surface area (Å²) in [7, 11) is 2.07. The molecule has 0 heterocycles. The van der Waals surface area contributed by atoms with Gasteiger partial charge < -0.3 is 0 Å². The van der Waals surface area contributed by atoms with Crippen LogP contribution in [0.25, 0.3) is 0 Å². The zero-order valence-electron chi connectivity index (χ0n) is 4.09. The number of thiol groups is 1. The molecule has 0 saturated carbocycles. The van der Waals surface area contributed by atoms with Gasteiger partial charge >= 0.3 is 0 Å². The molecule has 0 aromatic rings. The van der Waals surface area contributed by atoms with Crippen molar-refractivity contribution in [3.05, 3.63) is 0 Å². The highest BCUT2D eigenvalue weighted by molar-refractivity contribution is 8.39. The molecular weight excluding hydrogens is 146 g/mol. The maximum absolute atomic E-state index is 4.44. The molecule has 0 spiro atoms. The molecule has 0 radical (unpaired) electrons. The summed E-state index contributed by atoms with van der Waals surface area (Å²) in [5.74, 6) is 0. The van der Waals surface area contributed by atoms with Gasteiger partial charge in [-0.1, -0.05) is 0 Å². The van der Waals surface area contributed by atoms with Gasteiger partial charge in [-0.05, 0) is 25.0 Å². The molecule has 0 fully saturated rings. The summed E-state index contributed by atoms with van der Waals surface area (Å²) in [5, 5.41) is 0. The van der Waals surface area contributed by atoms with Crippen LogP contribution in [0.2, 0.25) is 0 Å². The van der Waals surface area contributed by atoms with E-state index in [0.717, 1.165) is 12.2 Å². The van der Waals surface area contributed by atoms with Gasteiger partial charge in [0.15, 0.2) is 13.7 Å². The monoisotopic (exact) mass is 152 g/mol. The molecule has 0 aromatic heterocycles. The number of rotatable bonds is 4. The van der Waals surface area contributed by atoms with Gasteiger partial charge in [0.25, 0.3) is 0 Å². The van der Waals surface area contributed by atoms with Crippen molar-refractivity contribution in [3.8, 4) is 0 Å². The first kappa shape index (κ1) is 8.14. The molecular formula is CH6B2OS3. The van der Waals surface area contributed by atoms with E-state index < -0.39 is 0 Å². The van der Waals surface area contributed by atoms with E-state index in [4.69, 9.17) is 0 Å². The topological polar surface area (TPSA) is 9.23 Å². The highest BCUT2D eigenvalue weighted by Gasteiger charge is 1.85. The molecule has 0 saturated heterocycles. The molecule has 0 aliphatic heterocycles. The fraction of sp³-hybridized carbons (Fsp3) is 1.00. The van der Waals surface area contributed by atoms with Crippen molar-refractivity contribution in [3.63, 3.8) is 0 Å². The minimum absolute atomic E-state index is 1.02. The van der Waals surface area contributed by atoms with Gasteiger partial charge in [0, 0.05) is 5.65 Å². The molecule has 0 rings (SSSR count). The molecule has 0 atom stereocenters. The zero-order valence-corrected chi connectivity index (χ0v) is 6.61. The Hall–Kier alpha value is 1.14. The van der Waals surface area contributed by atoms with Crippen LogP contribution in [0.3, 0.4) is 0 Å². The maximum atomic E-state index is 4.44. The quantitative estimate of drug-likeness (QED) is 0.264. The van der Waals surface area contributed by atoms with Crippen molar-refractivity contribution in [1.29, 1.82) is 0 Å². The van der Waals surface area contributed by atoms with Gasteiger partial charge in [-0.25, -0.2) is 0 Å². The molecule has 0 aliphatic carbocycles. The van der Waals surface area contributed by atoms with E-state index in [1.165, 1.54) is 12.0 Å². The second-order valence-corrected chi connectivity index (χ2v) is 3.12. The van der Waals surface area contributed by atoms with Crippen LogP contribution in [0.4, 0.5) is 0 Å². The first-order valence-electron chi connectivity index (χ1n) is 1.83. The van der Waals surface area contributed by atoms with Crippen molar-refractivity contribution in [1.82, 2.24) is 0 Å². The summed E-state index contributed by atoms with van der Waals surface area (Å²) >= 11 is 6.73. The van der Waals surface area contributed by atoms with Gasteiger partial charge in [-0.3, -0.25) is 15.1 Å². The van der Waals surface area contributed by atoms with Gasteiger partial charge in [-0.2, -0.15) is 0 Å². The van der Waals surface area contributed by atoms with Crippen LogP contribution in [0.5, 0.6) is 0 Å². The molecule has 7 heavy (non-hydrogen) atoms. The average Bonchev–Trinajstić information content (AvgIpc) is 1.69. The third-order valence-electron chi connectivity index (χ3n) is 0.423. The largest absolute Gasteiger partial charge is 0.266 e. The highest BCUT2D eigenvalue weighted by Crippen LogP contribution is 2.04. The molecule has 0 aliphatic rings. The summed E-state index contributed by atoms with van der Waals surface area (Å²) in [4.78, 5) is 0. The van der Waals surface area contributed by atoms with Crippen LogP contribution in [0, 0.1) is 0 Å². The van der Waals surface area contributed by atoms with E-state index in [0.29, 0.717) is 0 Å². The second-order valence-electron chi connectivity index (χ2n) is 0.889. The summed E-state index contributed by atoms with van der Waals surface area (Å²) in [5.41, 5.74) is 1.02. The predicted molar refractivity (Wildman–Crippen MR) is 45.8 cm³/mol. The first-order chi connectivity index (χ1) is 3.41. The van der Waals surface area contributed by atoms with Crippen molar-refractivity contribution in [2.45, 2.75) is 0 Å². The van der Waals surface area contributed by atoms with Gasteiger partial charge in [-0.15, -0.1) is 0 Å². The van der Waals surface area contributed by atoms with Crippen molar-refractivity contribution >= 4 is 50.1 Å². The van der Waals surface area contributed by atoms with Crippen LogP contribution in [-0.2, 0) is 3.63 Å². The Labute approximate surface area is 59.6 Å². The Bertz CT molecular complexity index is 32.1. The lowest BCUT2D eigenvalue weighted by Gasteiger charge is -1.88. The zero-order chi connectivity index (χ0) is 5.54. The fourth-order valence-electron chi connectivity index (χ4n) is 0.155. The minimum atomic E-state index is 1.02. The average molecular weight is 152 g/mol. The molecule has 0 aromatic carbocycles. The summed E-state index contributed by atoms with van der Waals surface area (Å²) in [6.45, 7) is 1.13. The van der Waals surface area contributed by atoms with Crippen LogP contribution in [-0.4, -0.2) is 19.3 Å². The number of hydrogen-bond donors (Lipinski definition) is 1. The van der Waals surface area contributed by atoms with Gasteiger partial charge in [0.1, 0.15) is 0 Å². The lowest BCUT2D eigenvalue weighted by molar-refractivity contribution is 0.778. The van der Waals surface area contributed by atoms with Crippen molar-refractivity contribution in [2.24, 2.45) is 0 Å². The van der Waals surface area contributed by atoms with Crippen molar-refractivity contribution in [2.75, 3.05) is 5.65 Å². The van der Waals surface area contributed by atoms with E-state index >= 15 is 0 Å². The van der Waals surface area contributed by atoms with E-state index in [1.807, 2.05) is 0 Å². The van der Waals surface area contributed by atoms with Gasteiger partial charge in [0.05, 0.1) is 0 Å². The van der Waals surface area contributed by atoms with Crippen LogP contribution >= 0.6 is 36.4 Å². The van der Waals surface area contributed by atoms with Crippen LogP contribution in [0.1, 0.15) is 0 Å². The fourth-order valence-corrected chi connectivity index (χ4v) is 1.39. The summed E-state index contributed by atoms with van der Waals surface area (Å²) in [6.07, 6.45) is 0.